The molecule has 126 valence electrons. The minimum absolute atomic E-state index is 0.109. The fraction of sp³-hybridized carbons (Fsp3) is 0.353. The van der Waals surface area contributed by atoms with Gasteiger partial charge in [-0.3, -0.25) is 19.5 Å². The summed E-state index contributed by atoms with van der Waals surface area (Å²) in [5.41, 5.74) is -0.317. The molecule has 7 heteroatoms. The van der Waals surface area contributed by atoms with E-state index in [9.17, 15) is 14.4 Å². The first-order valence-electron chi connectivity index (χ1n) is 7.91. The van der Waals surface area contributed by atoms with Gasteiger partial charge in [0.25, 0.3) is 11.5 Å². The number of hydrogen-bond donors (Lipinski definition) is 3. The van der Waals surface area contributed by atoms with Crippen molar-refractivity contribution in [3.63, 3.8) is 0 Å². The van der Waals surface area contributed by atoms with Crippen LogP contribution in [-0.2, 0) is 4.79 Å². The molecule has 1 aliphatic carbocycles. The number of amides is 1. The lowest BCUT2D eigenvalue weighted by atomic mass is 9.93. The summed E-state index contributed by atoms with van der Waals surface area (Å²) in [6, 6.07) is 10.2. The van der Waals surface area contributed by atoms with E-state index in [0.717, 1.165) is 12.8 Å². The van der Waals surface area contributed by atoms with Crippen LogP contribution in [0.1, 0.15) is 42.6 Å². The molecule has 1 aromatic carbocycles. The van der Waals surface area contributed by atoms with Gasteiger partial charge in [-0.1, -0.05) is 31.0 Å². The monoisotopic (exact) mass is 329 g/mol. The maximum atomic E-state index is 12.5. The average Bonchev–Trinajstić information content (AvgIpc) is 3.14. The van der Waals surface area contributed by atoms with Crippen LogP contribution in [0.25, 0.3) is 5.69 Å². The van der Waals surface area contributed by atoms with E-state index in [2.05, 4.69) is 10.4 Å². The van der Waals surface area contributed by atoms with Crippen LogP contribution in [-0.4, -0.2) is 32.3 Å². The van der Waals surface area contributed by atoms with E-state index in [-0.39, 0.29) is 17.7 Å². The number of carboxylic acids is 1. The van der Waals surface area contributed by atoms with Crippen molar-refractivity contribution in [3.05, 3.63) is 52.4 Å². The normalized spacial score (nSPS) is 16.0. The molecule has 0 radical (unpaired) electrons. The summed E-state index contributed by atoms with van der Waals surface area (Å²) < 4.78 is 1.29. The molecule has 1 heterocycles. The molecule has 1 amide bonds. The number of para-hydroxylation sites is 1. The third-order valence-electron chi connectivity index (χ3n) is 4.41. The van der Waals surface area contributed by atoms with Crippen LogP contribution in [0.15, 0.2) is 41.2 Å². The van der Waals surface area contributed by atoms with Gasteiger partial charge < -0.3 is 10.4 Å². The van der Waals surface area contributed by atoms with Crippen LogP contribution in [0.4, 0.5) is 0 Å². The van der Waals surface area contributed by atoms with E-state index in [1.165, 1.54) is 10.7 Å². The predicted octanol–water partition coefficient (Wildman–Crippen LogP) is 1.68. The number of rotatable bonds is 5. The first-order valence-corrected chi connectivity index (χ1v) is 7.91. The van der Waals surface area contributed by atoms with Crippen molar-refractivity contribution in [3.8, 4) is 5.69 Å². The van der Waals surface area contributed by atoms with Crippen LogP contribution in [0, 0.1) is 0 Å². The van der Waals surface area contributed by atoms with Gasteiger partial charge in [0.15, 0.2) is 0 Å². The van der Waals surface area contributed by atoms with Gasteiger partial charge in [0.1, 0.15) is 5.69 Å². The minimum Gasteiger partial charge on any atom is -0.481 e. The summed E-state index contributed by atoms with van der Waals surface area (Å²) in [5, 5.41) is 14.7. The molecule has 0 bridgehead atoms. The van der Waals surface area contributed by atoms with Gasteiger partial charge in [0.2, 0.25) is 0 Å². The molecule has 0 atom stereocenters. The molecule has 3 rings (SSSR count). The smallest absolute Gasteiger partial charge is 0.305 e. The Kier molecular flexibility index (Phi) is 4.24. The highest BCUT2D eigenvalue weighted by Gasteiger charge is 2.38. The first kappa shape index (κ1) is 16.0. The van der Waals surface area contributed by atoms with Crippen molar-refractivity contribution in [2.45, 2.75) is 37.6 Å². The molecule has 0 unspecified atom stereocenters. The fourth-order valence-electron chi connectivity index (χ4n) is 3.28. The Morgan fingerprint density at radius 3 is 2.50 bits per heavy atom. The Labute approximate surface area is 138 Å². The van der Waals surface area contributed by atoms with Crippen molar-refractivity contribution in [1.29, 1.82) is 0 Å². The molecule has 2 aromatic rings. The highest BCUT2D eigenvalue weighted by Crippen LogP contribution is 2.32. The summed E-state index contributed by atoms with van der Waals surface area (Å²) in [4.78, 5) is 35.7. The molecule has 1 aliphatic rings. The Morgan fingerprint density at radius 1 is 1.21 bits per heavy atom. The molecule has 0 saturated heterocycles. The first-order chi connectivity index (χ1) is 11.5. The van der Waals surface area contributed by atoms with Crippen LogP contribution in [0.2, 0.25) is 0 Å². The van der Waals surface area contributed by atoms with Crippen LogP contribution in [0.3, 0.4) is 0 Å². The molecular weight excluding hydrogens is 310 g/mol. The van der Waals surface area contributed by atoms with E-state index in [1.807, 2.05) is 6.07 Å². The zero-order valence-electron chi connectivity index (χ0n) is 13.1. The third kappa shape index (κ3) is 3.24. The van der Waals surface area contributed by atoms with Crippen molar-refractivity contribution in [2.75, 3.05) is 0 Å². The molecule has 1 fully saturated rings. The summed E-state index contributed by atoms with van der Waals surface area (Å²) in [5.74, 6) is -1.39. The van der Waals surface area contributed by atoms with Crippen LogP contribution < -0.4 is 10.9 Å². The van der Waals surface area contributed by atoms with E-state index in [1.54, 1.807) is 24.3 Å². The van der Waals surface area contributed by atoms with Gasteiger partial charge >= 0.3 is 5.97 Å². The van der Waals surface area contributed by atoms with Gasteiger partial charge in [-0.2, -0.15) is 0 Å². The number of benzene rings is 1. The van der Waals surface area contributed by atoms with E-state index in [0.29, 0.717) is 18.5 Å². The van der Waals surface area contributed by atoms with Crippen molar-refractivity contribution >= 4 is 11.9 Å². The zero-order valence-corrected chi connectivity index (χ0v) is 13.1. The number of nitrogens with zero attached hydrogens (tertiary/aromatic N) is 1. The zero-order chi connectivity index (χ0) is 17.2. The minimum atomic E-state index is -0.937. The maximum absolute atomic E-state index is 12.5. The number of carboxylic acid groups (broad SMARTS) is 1. The lowest BCUT2D eigenvalue weighted by Crippen LogP contribution is -2.48. The summed E-state index contributed by atoms with van der Waals surface area (Å²) in [7, 11) is 0. The molecule has 0 aliphatic heterocycles. The second-order valence-electron chi connectivity index (χ2n) is 6.19. The number of hydrogen-bond acceptors (Lipinski definition) is 3. The lowest BCUT2D eigenvalue weighted by Gasteiger charge is -2.28. The lowest BCUT2D eigenvalue weighted by molar-refractivity contribution is -0.138. The van der Waals surface area contributed by atoms with Gasteiger partial charge in [-0.05, 0) is 25.0 Å². The molecule has 1 saturated carbocycles. The third-order valence-corrected chi connectivity index (χ3v) is 4.41. The number of aromatic nitrogens is 2. The average molecular weight is 329 g/mol. The molecule has 0 spiro atoms. The molecule has 3 N–H and O–H groups in total. The molecule has 7 nitrogen and oxygen atoms in total. The van der Waals surface area contributed by atoms with Crippen molar-refractivity contribution in [2.24, 2.45) is 0 Å². The molecule has 24 heavy (non-hydrogen) atoms. The highest BCUT2D eigenvalue weighted by atomic mass is 16.4. The number of carbonyl (C=O) groups is 2. The highest BCUT2D eigenvalue weighted by molar-refractivity contribution is 5.93. The summed E-state index contributed by atoms with van der Waals surface area (Å²) >= 11 is 0. The quantitative estimate of drug-likeness (QED) is 0.776. The molecular formula is C17H19N3O4. The Hall–Kier alpha value is -2.83. The molecule has 1 aromatic heterocycles. The van der Waals surface area contributed by atoms with Crippen LogP contribution in [0.5, 0.6) is 0 Å². The van der Waals surface area contributed by atoms with Crippen LogP contribution >= 0.6 is 0 Å². The topological polar surface area (TPSA) is 104 Å². The Bertz CT molecular complexity index is 801. The largest absolute Gasteiger partial charge is 0.481 e. The number of aromatic amines is 1. The predicted molar refractivity (Wildman–Crippen MR) is 87.3 cm³/mol. The standard InChI is InChI=1S/C17H19N3O4/c21-14-10-13(19-20(14)12-6-2-1-3-7-12)16(24)18-17(11-15(22)23)8-4-5-9-17/h1-3,6-7,10,19H,4-5,8-9,11H2,(H,18,24)(H,22,23). The Morgan fingerprint density at radius 2 is 1.88 bits per heavy atom. The van der Waals surface area contributed by atoms with Crippen molar-refractivity contribution < 1.29 is 14.7 Å². The van der Waals surface area contributed by atoms with E-state index < -0.39 is 17.4 Å². The fourth-order valence-corrected chi connectivity index (χ4v) is 3.28. The maximum Gasteiger partial charge on any atom is 0.305 e. The van der Waals surface area contributed by atoms with Crippen molar-refractivity contribution in [1.82, 2.24) is 15.1 Å². The number of aliphatic carboxylic acids is 1. The van der Waals surface area contributed by atoms with E-state index in [4.69, 9.17) is 5.11 Å². The number of H-pyrrole nitrogens is 1. The second-order valence-corrected chi connectivity index (χ2v) is 6.19. The summed E-state index contributed by atoms with van der Waals surface area (Å²) in [6.45, 7) is 0. The van der Waals surface area contributed by atoms with Gasteiger partial charge in [0.05, 0.1) is 17.6 Å². The van der Waals surface area contributed by atoms with E-state index >= 15 is 0 Å². The summed E-state index contributed by atoms with van der Waals surface area (Å²) in [6.07, 6.45) is 2.93. The van der Waals surface area contributed by atoms with Gasteiger partial charge in [-0.25, -0.2) is 4.68 Å². The van der Waals surface area contributed by atoms with Gasteiger partial charge in [0, 0.05) is 6.07 Å². The second kappa shape index (κ2) is 6.35. The SMILES string of the molecule is O=C(O)CC1(NC(=O)c2cc(=O)n(-c3ccccc3)[nH]2)CCCC1. The van der Waals surface area contributed by atoms with Gasteiger partial charge in [-0.15, -0.1) is 0 Å². The Balaban J connectivity index is 1.83. The number of nitrogens with one attached hydrogen (secondary N) is 2. The number of carbonyl (C=O) groups excluding carboxylic acids is 1.